The molecule has 0 saturated carbocycles. The minimum atomic E-state index is -1.05. The van der Waals surface area contributed by atoms with E-state index in [0.29, 0.717) is 16.9 Å². The van der Waals surface area contributed by atoms with Crippen LogP contribution in [0.15, 0.2) is 53.9 Å². The molecule has 1 aromatic carbocycles. The van der Waals surface area contributed by atoms with Gasteiger partial charge in [-0.1, -0.05) is 12.1 Å². The Morgan fingerprint density at radius 3 is 2.91 bits per heavy atom. The molecule has 112 valence electrons. The van der Waals surface area contributed by atoms with E-state index in [1.807, 2.05) is 0 Å². The summed E-state index contributed by atoms with van der Waals surface area (Å²) in [6.45, 7) is -0.418. The monoisotopic (exact) mass is 299 g/mol. The molecule has 2 rings (SSSR count). The number of hydrogen-bond acceptors (Lipinski definition) is 5. The van der Waals surface area contributed by atoms with Crippen molar-refractivity contribution in [2.24, 2.45) is 5.10 Å². The second-order valence-electron chi connectivity index (χ2n) is 4.20. The number of aliphatic carboxylic acids is 1. The summed E-state index contributed by atoms with van der Waals surface area (Å²) in [5.41, 5.74) is 3.44. The largest absolute Gasteiger partial charge is 0.482 e. The number of nitrogens with one attached hydrogen (secondary N) is 1. The van der Waals surface area contributed by atoms with E-state index >= 15 is 0 Å². The number of hydrogen-bond donors (Lipinski definition) is 2. The molecule has 0 unspecified atom stereocenters. The minimum Gasteiger partial charge on any atom is -0.482 e. The van der Waals surface area contributed by atoms with Gasteiger partial charge in [-0.2, -0.15) is 5.10 Å². The summed E-state index contributed by atoms with van der Waals surface area (Å²) in [6.07, 6.45) is 4.44. The third-order valence-electron chi connectivity index (χ3n) is 2.52. The Kier molecular flexibility index (Phi) is 5.20. The van der Waals surface area contributed by atoms with E-state index in [1.54, 1.807) is 42.6 Å². The number of rotatable bonds is 6. The zero-order valence-electron chi connectivity index (χ0n) is 11.5. The predicted molar refractivity (Wildman–Crippen MR) is 78.9 cm³/mol. The molecule has 1 heterocycles. The SMILES string of the molecule is O=C(O)COc1cccc(C=NNC(=O)c2cccnc2)c1. The summed E-state index contributed by atoms with van der Waals surface area (Å²) in [7, 11) is 0. The molecule has 0 radical (unpaired) electrons. The molecule has 7 nitrogen and oxygen atoms in total. The number of ether oxygens (including phenoxy) is 1. The second-order valence-corrected chi connectivity index (χ2v) is 4.20. The number of benzene rings is 1. The zero-order valence-corrected chi connectivity index (χ0v) is 11.5. The zero-order chi connectivity index (χ0) is 15.8. The molecule has 1 amide bonds. The van der Waals surface area contributed by atoms with Gasteiger partial charge in [-0.3, -0.25) is 9.78 Å². The molecule has 7 heteroatoms. The Bertz CT molecular complexity index is 686. The first-order valence-corrected chi connectivity index (χ1v) is 6.33. The van der Waals surface area contributed by atoms with Crippen molar-refractivity contribution in [2.75, 3.05) is 6.61 Å². The molecular formula is C15H13N3O4. The molecule has 0 atom stereocenters. The number of hydrazone groups is 1. The number of pyridine rings is 1. The van der Waals surface area contributed by atoms with Crippen LogP contribution in [-0.2, 0) is 4.79 Å². The van der Waals surface area contributed by atoms with E-state index in [4.69, 9.17) is 9.84 Å². The molecule has 2 aromatic rings. The summed E-state index contributed by atoms with van der Waals surface area (Å²) < 4.78 is 5.05. The van der Waals surface area contributed by atoms with Crippen LogP contribution in [0.1, 0.15) is 15.9 Å². The van der Waals surface area contributed by atoms with Crippen molar-refractivity contribution >= 4 is 18.1 Å². The van der Waals surface area contributed by atoms with Crippen LogP contribution in [-0.4, -0.2) is 34.8 Å². The molecule has 0 saturated heterocycles. The van der Waals surface area contributed by atoms with Crippen LogP contribution in [0.4, 0.5) is 0 Å². The summed E-state index contributed by atoms with van der Waals surface area (Å²) in [4.78, 5) is 26.0. The van der Waals surface area contributed by atoms with E-state index in [0.717, 1.165) is 0 Å². The highest BCUT2D eigenvalue weighted by atomic mass is 16.5. The van der Waals surface area contributed by atoms with Crippen LogP contribution in [0.3, 0.4) is 0 Å². The number of carboxylic acids is 1. The highest BCUT2D eigenvalue weighted by Crippen LogP contribution is 2.11. The number of carboxylic acid groups (broad SMARTS) is 1. The number of carbonyl (C=O) groups excluding carboxylic acids is 1. The average Bonchev–Trinajstić information content (AvgIpc) is 2.54. The van der Waals surface area contributed by atoms with Crippen LogP contribution >= 0.6 is 0 Å². The summed E-state index contributed by atoms with van der Waals surface area (Å²) in [5.74, 6) is -1.02. The first-order valence-electron chi connectivity index (χ1n) is 6.33. The number of aromatic nitrogens is 1. The van der Waals surface area contributed by atoms with Gasteiger partial charge in [0.15, 0.2) is 6.61 Å². The minimum absolute atomic E-state index is 0.373. The van der Waals surface area contributed by atoms with Gasteiger partial charge in [0.2, 0.25) is 0 Å². The molecule has 22 heavy (non-hydrogen) atoms. The van der Waals surface area contributed by atoms with Crippen molar-refractivity contribution in [3.05, 3.63) is 59.9 Å². The third-order valence-corrected chi connectivity index (χ3v) is 2.52. The maximum atomic E-state index is 11.7. The molecule has 0 aliphatic rings. The highest BCUT2D eigenvalue weighted by molar-refractivity contribution is 5.94. The van der Waals surface area contributed by atoms with Crippen LogP contribution in [0.2, 0.25) is 0 Å². The fourth-order valence-corrected chi connectivity index (χ4v) is 1.56. The fourth-order valence-electron chi connectivity index (χ4n) is 1.56. The molecule has 0 aliphatic heterocycles. The van der Waals surface area contributed by atoms with Gasteiger partial charge in [-0.15, -0.1) is 0 Å². The maximum Gasteiger partial charge on any atom is 0.341 e. The number of nitrogens with zero attached hydrogens (tertiary/aromatic N) is 2. The van der Waals surface area contributed by atoms with Crippen molar-refractivity contribution in [1.29, 1.82) is 0 Å². The van der Waals surface area contributed by atoms with Gasteiger partial charge in [0, 0.05) is 12.4 Å². The topological polar surface area (TPSA) is 101 Å². The Morgan fingerprint density at radius 2 is 2.18 bits per heavy atom. The summed E-state index contributed by atoms with van der Waals surface area (Å²) in [6, 6.07) is 9.96. The van der Waals surface area contributed by atoms with E-state index in [9.17, 15) is 9.59 Å². The van der Waals surface area contributed by atoms with Gasteiger partial charge >= 0.3 is 5.97 Å². The fraction of sp³-hybridized carbons (Fsp3) is 0.0667. The van der Waals surface area contributed by atoms with E-state index in [2.05, 4.69) is 15.5 Å². The molecule has 0 aliphatic carbocycles. The van der Waals surface area contributed by atoms with E-state index in [1.165, 1.54) is 12.4 Å². The number of amides is 1. The lowest BCUT2D eigenvalue weighted by atomic mass is 10.2. The molecule has 2 N–H and O–H groups in total. The number of carbonyl (C=O) groups is 2. The smallest absolute Gasteiger partial charge is 0.341 e. The lowest BCUT2D eigenvalue weighted by Gasteiger charge is -2.03. The molecular weight excluding hydrogens is 286 g/mol. The van der Waals surface area contributed by atoms with Gasteiger partial charge in [-0.05, 0) is 29.8 Å². The lowest BCUT2D eigenvalue weighted by molar-refractivity contribution is -0.139. The quantitative estimate of drug-likeness (QED) is 0.618. The first-order chi connectivity index (χ1) is 10.6. The Hall–Kier alpha value is -3.22. The van der Waals surface area contributed by atoms with E-state index in [-0.39, 0.29) is 5.91 Å². The maximum absolute atomic E-state index is 11.7. The van der Waals surface area contributed by atoms with Crippen molar-refractivity contribution in [1.82, 2.24) is 10.4 Å². The van der Waals surface area contributed by atoms with Gasteiger partial charge in [0.1, 0.15) is 5.75 Å². The normalized spacial score (nSPS) is 10.4. The van der Waals surface area contributed by atoms with Crippen molar-refractivity contribution in [2.45, 2.75) is 0 Å². The summed E-state index contributed by atoms with van der Waals surface area (Å²) in [5, 5.41) is 12.4. The van der Waals surface area contributed by atoms with Crippen LogP contribution in [0.5, 0.6) is 5.75 Å². The van der Waals surface area contributed by atoms with E-state index < -0.39 is 12.6 Å². The Morgan fingerprint density at radius 1 is 1.32 bits per heavy atom. The standard InChI is InChI=1S/C15H13N3O4/c19-14(20)10-22-13-5-1-3-11(7-13)8-17-18-15(21)12-4-2-6-16-9-12/h1-9H,10H2,(H,18,21)(H,19,20). The van der Waals surface area contributed by atoms with Gasteiger partial charge in [0.05, 0.1) is 11.8 Å². The van der Waals surface area contributed by atoms with Crippen LogP contribution in [0, 0.1) is 0 Å². The van der Waals surface area contributed by atoms with Gasteiger partial charge < -0.3 is 9.84 Å². The van der Waals surface area contributed by atoms with Crippen LogP contribution in [0.25, 0.3) is 0 Å². The van der Waals surface area contributed by atoms with Crippen molar-refractivity contribution < 1.29 is 19.4 Å². The molecule has 0 spiro atoms. The first kappa shape index (κ1) is 15.2. The van der Waals surface area contributed by atoms with Crippen molar-refractivity contribution in [3.63, 3.8) is 0 Å². The second kappa shape index (κ2) is 7.53. The van der Waals surface area contributed by atoms with Gasteiger partial charge in [0.25, 0.3) is 5.91 Å². The summed E-state index contributed by atoms with van der Waals surface area (Å²) >= 11 is 0. The third kappa shape index (κ3) is 4.71. The molecule has 1 aromatic heterocycles. The highest BCUT2D eigenvalue weighted by Gasteiger charge is 2.03. The lowest BCUT2D eigenvalue weighted by Crippen LogP contribution is -2.17. The van der Waals surface area contributed by atoms with Gasteiger partial charge in [-0.25, -0.2) is 10.2 Å². The molecule has 0 fully saturated rings. The van der Waals surface area contributed by atoms with Crippen LogP contribution < -0.4 is 10.2 Å². The average molecular weight is 299 g/mol. The molecule has 0 bridgehead atoms. The Labute approximate surface area is 126 Å². The predicted octanol–water partition coefficient (Wildman–Crippen LogP) is 1.31. The Balaban J connectivity index is 1.94. The van der Waals surface area contributed by atoms with Crippen molar-refractivity contribution in [3.8, 4) is 5.75 Å².